The molecule has 26 heavy (non-hydrogen) atoms. The van der Waals surface area contributed by atoms with Crippen molar-refractivity contribution in [1.29, 1.82) is 0 Å². The summed E-state index contributed by atoms with van der Waals surface area (Å²) in [5.41, 5.74) is 2.32. The van der Waals surface area contributed by atoms with Crippen molar-refractivity contribution in [2.45, 2.75) is 33.3 Å². The Kier molecular flexibility index (Phi) is 5.55. The van der Waals surface area contributed by atoms with Crippen LogP contribution >= 0.6 is 0 Å². The number of nitrogens with zero attached hydrogens (tertiary/aromatic N) is 2. The molecule has 0 atom stereocenters. The van der Waals surface area contributed by atoms with Gasteiger partial charge in [0.25, 0.3) is 0 Å². The summed E-state index contributed by atoms with van der Waals surface area (Å²) in [4.78, 5) is 26.3. The smallest absolute Gasteiger partial charge is 0.321 e. The van der Waals surface area contributed by atoms with Gasteiger partial charge in [-0.3, -0.25) is 4.79 Å². The van der Waals surface area contributed by atoms with Crippen LogP contribution in [0.5, 0.6) is 0 Å². The zero-order chi connectivity index (χ0) is 18.5. The van der Waals surface area contributed by atoms with Crippen LogP contribution in [0.1, 0.15) is 29.9 Å². The van der Waals surface area contributed by atoms with Gasteiger partial charge in [0, 0.05) is 18.8 Å². The second kappa shape index (κ2) is 8.03. The second-order valence-electron chi connectivity index (χ2n) is 6.47. The van der Waals surface area contributed by atoms with Crippen LogP contribution < -0.4 is 5.32 Å². The van der Waals surface area contributed by atoms with E-state index in [1.54, 1.807) is 11.8 Å². The molecule has 138 valence electrons. The Morgan fingerprint density at radius 3 is 2.54 bits per heavy atom. The number of benzene rings is 1. The molecular formula is C19H23N3O4. The molecule has 1 aliphatic rings. The van der Waals surface area contributed by atoms with Crippen LogP contribution in [-0.4, -0.2) is 35.1 Å². The van der Waals surface area contributed by atoms with Gasteiger partial charge in [-0.05, 0) is 38.8 Å². The minimum atomic E-state index is -0.229. The molecule has 7 heteroatoms. The zero-order valence-electron chi connectivity index (χ0n) is 15.0. The largest absolute Gasteiger partial charge is 0.460 e. The van der Waals surface area contributed by atoms with E-state index in [1.165, 1.54) is 0 Å². The molecule has 2 aromatic rings. The number of carbonyl (C=O) groups is 2. The van der Waals surface area contributed by atoms with Crippen molar-refractivity contribution in [3.05, 3.63) is 47.3 Å². The monoisotopic (exact) mass is 357 g/mol. The minimum Gasteiger partial charge on any atom is -0.460 e. The van der Waals surface area contributed by atoms with E-state index < -0.39 is 0 Å². The molecule has 7 nitrogen and oxygen atoms in total. The van der Waals surface area contributed by atoms with E-state index in [-0.39, 0.29) is 24.5 Å². The van der Waals surface area contributed by atoms with Gasteiger partial charge >= 0.3 is 12.0 Å². The van der Waals surface area contributed by atoms with Crippen LogP contribution in [0.15, 0.2) is 34.9 Å². The summed E-state index contributed by atoms with van der Waals surface area (Å²) in [6.07, 6.45) is 1.20. The third kappa shape index (κ3) is 4.22. The Morgan fingerprint density at radius 1 is 1.23 bits per heavy atom. The highest BCUT2D eigenvalue weighted by molar-refractivity contribution is 5.89. The molecule has 1 aromatic heterocycles. The Hall–Kier alpha value is -2.83. The van der Waals surface area contributed by atoms with Gasteiger partial charge in [0.1, 0.15) is 12.4 Å². The number of aromatic nitrogens is 1. The van der Waals surface area contributed by atoms with Gasteiger partial charge < -0.3 is 19.5 Å². The standard InChI is InChI=1S/C19H23N3O4/c1-13-17(14(2)26-21-13)12-25-18(23)15-8-10-22(11-9-15)19(24)20-16-6-4-3-5-7-16/h3-7,15H,8-12H2,1-2H3,(H,20,24). The number of likely N-dealkylation sites (tertiary alicyclic amines) is 1. The van der Waals surface area contributed by atoms with Gasteiger partial charge in [-0.2, -0.15) is 0 Å². The Morgan fingerprint density at radius 2 is 1.92 bits per heavy atom. The third-order valence-corrected chi connectivity index (χ3v) is 4.68. The lowest BCUT2D eigenvalue weighted by Gasteiger charge is -2.31. The highest BCUT2D eigenvalue weighted by atomic mass is 16.5. The van der Waals surface area contributed by atoms with Gasteiger partial charge in [-0.1, -0.05) is 23.4 Å². The molecule has 0 unspecified atom stereocenters. The lowest BCUT2D eigenvalue weighted by atomic mass is 9.97. The summed E-state index contributed by atoms with van der Waals surface area (Å²) in [5.74, 6) is 0.257. The van der Waals surface area contributed by atoms with Crippen LogP contribution in [0.3, 0.4) is 0 Å². The normalized spacial score (nSPS) is 14.9. The first-order valence-corrected chi connectivity index (χ1v) is 8.74. The number of amides is 2. The van der Waals surface area contributed by atoms with E-state index in [1.807, 2.05) is 37.3 Å². The molecule has 1 N–H and O–H groups in total. The second-order valence-corrected chi connectivity index (χ2v) is 6.47. The van der Waals surface area contributed by atoms with Crippen molar-refractivity contribution in [2.24, 2.45) is 5.92 Å². The Labute approximate surface area is 152 Å². The number of nitrogens with one attached hydrogen (secondary N) is 1. The number of ether oxygens (including phenoxy) is 1. The maximum Gasteiger partial charge on any atom is 0.321 e. The average molecular weight is 357 g/mol. The summed E-state index contributed by atoms with van der Waals surface area (Å²) in [6.45, 7) is 4.86. The number of carbonyl (C=O) groups excluding carboxylic acids is 2. The predicted octanol–water partition coefficient (Wildman–Crippen LogP) is 3.28. The van der Waals surface area contributed by atoms with Crippen molar-refractivity contribution < 1.29 is 18.8 Å². The van der Waals surface area contributed by atoms with E-state index >= 15 is 0 Å². The number of aryl methyl sites for hydroxylation is 2. The van der Waals surface area contributed by atoms with E-state index in [0.717, 1.165) is 16.9 Å². The van der Waals surface area contributed by atoms with Gasteiger partial charge in [-0.25, -0.2) is 4.79 Å². The predicted molar refractivity (Wildman–Crippen MR) is 95.5 cm³/mol. The molecule has 1 aromatic carbocycles. The number of urea groups is 1. The SMILES string of the molecule is Cc1noc(C)c1COC(=O)C1CCN(C(=O)Nc2ccccc2)CC1. The molecule has 0 spiro atoms. The van der Waals surface area contributed by atoms with Crippen LogP contribution in [-0.2, 0) is 16.1 Å². The molecule has 2 heterocycles. The highest BCUT2D eigenvalue weighted by Gasteiger charge is 2.28. The van der Waals surface area contributed by atoms with Crippen molar-refractivity contribution in [3.63, 3.8) is 0 Å². The number of anilines is 1. The van der Waals surface area contributed by atoms with Gasteiger partial charge in [0.15, 0.2) is 0 Å². The van der Waals surface area contributed by atoms with Gasteiger partial charge in [0.2, 0.25) is 0 Å². The molecular weight excluding hydrogens is 334 g/mol. The van der Waals surface area contributed by atoms with Gasteiger partial charge in [-0.15, -0.1) is 0 Å². The summed E-state index contributed by atoms with van der Waals surface area (Å²) in [5, 5.41) is 6.72. The van der Waals surface area contributed by atoms with E-state index in [4.69, 9.17) is 9.26 Å². The van der Waals surface area contributed by atoms with Crippen molar-refractivity contribution in [1.82, 2.24) is 10.1 Å². The first kappa shape index (κ1) is 18.0. The van der Waals surface area contributed by atoms with Crippen molar-refractivity contribution in [2.75, 3.05) is 18.4 Å². The van der Waals surface area contributed by atoms with E-state index in [9.17, 15) is 9.59 Å². The summed E-state index contributed by atoms with van der Waals surface area (Å²) < 4.78 is 10.5. The van der Waals surface area contributed by atoms with Gasteiger partial charge in [0.05, 0.1) is 17.2 Å². The number of rotatable bonds is 4. The first-order valence-electron chi connectivity index (χ1n) is 8.74. The maximum atomic E-state index is 12.3. The zero-order valence-corrected chi connectivity index (χ0v) is 15.0. The average Bonchev–Trinajstić information content (AvgIpc) is 2.98. The molecule has 2 amide bonds. The molecule has 0 saturated carbocycles. The van der Waals surface area contributed by atoms with Crippen LogP contribution in [0.4, 0.5) is 10.5 Å². The quantitative estimate of drug-likeness (QED) is 0.849. The van der Waals surface area contributed by atoms with Crippen molar-refractivity contribution in [3.8, 4) is 0 Å². The third-order valence-electron chi connectivity index (χ3n) is 4.68. The van der Waals surface area contributed by atoms with E-state index in [2.05, 4.69) is 10.5 Å². The van der Waals surface area contributed by atoms with Crippen LogP contribution in [0.2, 0.25) is 0 Å². The molecule has 0 bridgehead atoms. The number of piperidine rings is 1. The molecule has 1 fully saturated rings. The van der Waals surface area contributed by atoms with Crippen LogP contribution in [0, 0.1) is 19.8 Å². The fraction of sp³-hybridized carbons (Fsp3) is 0.421. The fourth-order valence-corrected chi connectivity index (χ4v) is 3.01. The molecule has 0 aliphatic carbocycles. The lowest BCUT2D eigenvalue weighted by Crippen LogP contribution is -2.42. The lowest BCUT2D eigenvalue weighted by molar-refractivity contribution is -0.151. The Balaban J connectivity index is 1.45. The molecule has 3 rings (SSSR count). The first-order chi connectivity index (χ1) is 12.5. The molecule has 1 saturated heterocycles. The molecule has 1 aliphatic heterocycles. The number of para-hydroxylation sites is 1. The topological polar surface area (TPSA) is 84.7 Å². The number of esters is 1. The Bertz CT molecular complexity index is 745. The van der Waals surface area contributed by atoms with Crippen molar-refractivity contribution >= 4 is 17.7 Å². The summed E-state index contributed by atoms with van der Waals surface area (Å²) in [7, 11) is 0. The number of hydrogen-bond donors (Lipinski definition) is 1. The minimum absolute atomic E-state index is 0.140. The summed E-state index contributed by atoms with van der Waals surface area (Å²) in [6, 6.07) is 9.19. The molecule has 0 radical (unpaired) electrons. The maximum absolute atomic E-state index is 12.3. The van der Waals surface area contributed by atoms with E-state index in [0.29, 0.717) is 31.7 Å². The summed E-state index contributed by atoms with van der Waals surface area (Å²) >= 11 is 0. The number of hydrogen-bond acceptors (Lipinski definition) is 5. The fourth-order valence-electron chi connectivity index (χ4n) is 3.01. The van der Waals surface area contributed by atoms with Crippen LogP contribution in [0.25, 0.3) is 0 Å². The highest BCUT2D eigenvalue weighted by Crippen LogP contribution is 2.21.